The highest BCUT2D eigenvalue weighted by Crippen LogP contribution is 2.78. The first-order valence-electron chi connectivity index (χ1n) is 18.4. The average molecular weight is 726 g/mol. The van der Waals surface area contributed by atoms with E-state index in [1.165, 1.54) is 24.3 Å². The molecule has 2 spiro atoms. The second-order valence-electron chi connectivity index (χ2n) is 16.6. The van der Waals surface area contributed by atoms with Crippen molar-refractivity contribution in [3.8, 4) is 11.5 Å². The molecule has 2 aromatic rings. The lowest BCUT2D eigenvalue weighted by atomic mass is 9.32. The van der Waals surface area contributed by atoms with Gasteiger partial charge in [0.15, 0.2) is 5.78 Å². The van der Waals surface area contributed by atoms with Crippen molar-refractivity contribution >= 4 is 5.78 Å². The number of hydrogen-bond donors (Lipinski definition) is 4. The highest BCUT2D eigenvalue weighted by atomic mass is 19.4. The maximum Gasteiger partial charge on any atom is 0.573 e. The van der Waals surface area contributed by atoms with Crippen LogP contribution in [0, 0.1) is 33.5 Å². The molecule has 8 rings (SSSR count). The molecule has 282 valence electrons. The lowest BCUT2D eigenvalue weighted by Crippen LogP contribution is -2.67. The molecule has 0 radical (unpaired) electrons. The molecule has 0 aliphatic heterocycles. The van der Waals surface area contributed by atoms with Crippen molar-refractivity contribution < 1.29 is 47.9 Å². The summed E-state index contributed by atoms with van der Waals surface area (Å²) in [6.07, 6.45) is 5.02. The number of aliphatic hydroxyl groups excluding tert-OH is 3. The zero-order valence-electron chi connectivity index (χ0n) is 30.0. The van der Waals surface area contributed by atoms with Crippen LogP contribution in [0.25, 0.3) is 0 Å². The Bertz CT molecular complexity index is 1730. The molecule has 4 N–H and O–H groups in total. The molecule has 0 amide bonds. The van der Waals surface area contributed by atoms with Crippen molar-refractivity contribution in [3.05, 3.63) is 83.5 Å². The zero-order chi connectivity index (χ0) is 37.3. The van der Waals surface area contributed by atoms with Crippen LogP contribution in [0.4, 0.5) is 13.2 Å². The average Bonchev–Trinajstić information content (AvgIpc) is 3.37. The second kappa shape index (κ2) is 13.0. The highest BCUT2D eigenvalue weighted by molar-refractivity contribution is 6.10. The molecule has 6 aliphatic rings. The standard InChI is InChI=1S/C41H50F3NO7/c1-36-15-12-28(47)20-38(36)18-19-40(32(21-38)35(49)27-6-10-30(51-3)11-7-27)33(36)13-16-37(2)34(40)14-17-39(37,50)25-45(23-29(48)24-46)22-26-4-8-31(9-5-26)52-41(42,43)44/h4-11,18-19,21,28-29,33-34,46-48,50H,12-17,20,22-25H2,1-3H3. The first-order valence-corrected chi connectivity index (χ1v) is 18.4. The SMILES string of the molecule is COc1ccc(C(=O)C2=CC34C=CC25C(CCC2(C)C5CCC2(O)CN(Cc2ccc(OC(F)(F)F)cc2)CC(O)CO)C3(C)CCC(O)C4)cc1. The van der Waals surface area contributed by atoms with Gasteiger partial charge in [-0.15, -0.1) is 13.2 Å². The Morgan fingerprint density at radius 2 is 1.58 bits per heavy atom. The summed E-state index contributed by atoms with van der Waals surface area (Å²) in [6.45, 7) is 4.38. The minimum absolute atomic E-state index is 0.0397. The largest absolute Gasteiger partial charge is 0.573 e. The third-order valence-electron chi connectivity index (χ3n) is 14.0. The van der Waals surface area contributed by atoms with Gasteiger partial charge >= 0.3 is 6.36 Å². The zero-order valence-corrected chi connectivity index (χ0v) is 30.0. The van der Waals surface area contributed by atoms with Crippen LogP contribution in [0.5, 0.6) is 11.5 Å². The molecule has 11 heteroatoms. The number of alkyl halides is 3. The van der Waals surface area contributed by atoms with Gasteiger partial charge in [-0.25, -0.2) is 0 Å². The molecule has 6 aliphatic carbocycles. The maximum absolute atomic E-state index is 14.8. The third-order valence-corrected chi connectivity index (χ3v) is 14.0. The molecule has 9 unspecified atom stereocenters. The van der Waals surface area contributed by atoms with E-state index < -0.39 is 47.0 Å². The van der Waals surface area contributed by atoms with Crippen molar-refractivity contribution in [2.75, 3.05) is 26.8 Å². The molecule has 9 atom stereocenters. The smallest absolute Gasteiger partial charge is 0.497 e. The molecule has 0 heterocycles. The van der Waals surface area contributed by atoms with Gasteiger partial charge in [0.05, 0.1) is 31.5 Å². The minimum atomic E-state index is -4.81. The fraction of sp³-hybridized carbons (Fsp3) is 0.585. The number of hydrogen-bond acceptors (Lipinski definition) is 8. The topological polar surface area (TPSA) is 120 Å². The summed E-state index contributed by atoms with van der Waals surface area (Å²) >= 11 is 0. The summed E-state index contributed by atoms with van der Waals surface area (Å²) in [5.41, 5.74) is -1.24. The second-order valence-corrected chi connectivity index (χ2v) is 16.6. The Morgan fingerprint density at radius 1 is 0.942 bits per heavy atom. The third kappa shape index (κ3) is 5.82. The predicted octanol–water partition coefficient (Wildman–Crippen LogP) is 6.22. The number of aliphatic hydroxyl groups is 4. The van der Waals surface area contributed by atoms with E-state index in [0.29, 0.717) is 49.0 Å². The van der Waals surface area contributed by atoms with Crippen LogP contribution in [0.3, 0.4) is 0 Å². The van der Waals surface area contributed by atoms with E-state index in [9.17, 15) is 38.4 Å². The number of carbonyl (C=O) groups excluding carboxylic acids is 1. The first-order chi connectivity index (χ1) is 24.5. The van der Waals surface area contributed by atoms with Crippen LogP contribution in [0.1, 0.15) is 74.7 Å². The molecular weight excluding hydrogens is 675 g/mol. The van der Waals surface area contributed by atoms with E-state index in [4.69, 9.17) is 4.74 Å². The van der Waals surface area contributed by atoms with Crippen molar-refractivity contribution in [3.63, 3.8) is 0 Å². The van der Waals surface area contributed by atoms with Gasteiger partial charge in [0.2, 0.25) is 0 Å². The number of rotatable bonds is 11. The monoisotopic (exact) mass is 725 g/mol. The highest BCUT2D eigenvalue weighted by Gasteiger charge is 2.74. The number of Topliss-reactive ketones (excluding diaryl/α,β-unsaturated/α-hetero) is 1. The van der Waals surface area contributed by atoms with Crippen molar-refractivity contribution in [2.45, 2.75) is 89.5 Å². The van der Waals surface area contributed by atoms with Crippen LogP contribution < -0.4 is 9.47 Å². The summed E-state index contributed by atoms with van der Waals surface area (Å²) < 4.78 is 47.8. The van der Waals surface area contributed by atoms with Crippen LogP contribution in [0.2, 0.25) is 0 Å². The lowest BCUT2D eigenvalue weighted by molar-refractivity contribution is -0.274. The van der Waals surface area contributed by atoms with Gasteiger partial charge in [0.25, 0.3) is 0 Å². The van der Waals surface area contributed by atoms with E-state index in [2.05, 4.69) is 36.8 Å². The summed E-state index contributed by atoms with van der Waals surface area (Å²) in [6, 6.07) is 12.7. The number of fused-ring (bicyclic) bond motifs is 1. The summed E-state index contributed by atoms with van der Waals surface area (Å²) in [5, 5.41) is 44.2. The van der Waals surface area contributed by atoms with Gasteiger partial charge in [-0.1, -0.05) is 44.2 Å². The predicted molar refractivity (Wildman–Crippen MR) is 187 cm³/mol. The Hall–Kier alpha value is -3.22. The van der Waals surface area contributed by atoms with Crippen LogP contribution in [-0.2, 0) is 6.54 Å². The normalized spacial score (nSPS) is 36.8. The number of nitrogens with zero attached hydrogens (tertiary/aromatic N) is 1. The molecule has 8 nitrogen and oxygen atoms in total. The lowest BCUT2D eigenvalue weighted by Gasteiger charge is -2.71. The van der Waals surface area contributed by atoms with Gasteiger partial charge in [-0.2, -0.15) is 0 Å². The summed E-state index contributed by atoms with van der Waals surface area (Å²) in [7, 11) is 1.58. The molecule has 2 aromatic carbocycles. The van der Waals surface area contributed by atoms with Gasteiger partial charge in [0, 0.05) is 47.0 Å². The van der Waals surface area contributed by atoms with Crippen LogP contribution in [0.15, 0.2) is 72.3 Å². The van der Waals surface area contributed by atoms with E-state index in [1.807, 2.05) is 4.90 Å². The number of ether oxygens (including phenoxy) is 2. The molecular formula is C41H50F3NO7. The number of carbonyl (C=O) groups is 1. The minimum Gasteiger partial charge on any atom is -0.497 e. The van der Waals surface area contributed by atoms with Crippen LogP contribution >= 0.6 is 0 Å². The maximum atomic E-state index is 14.8. The molecule has 52 heavy (non-hydrogen) atoms. The Morgan fingerprint density at radius 3 is 2.23 bits per heavy atom. The van der Waals surface area contributed by atoms with Gasteiger partial charge in [-0.05, 0) is 104 Å². The van der Waals surface area contributed by atoms with E-state index in [0.717, 1.165) is 18.4 Å². The van der Waals surface area contributed by atoms with Gasteiger partial charge in [0.1, 0.15) is 11.5 Å². The number of methoxy groups -OCH3 is 1. The Kier molecular flexibility index (Phi) is 9.26. The van der Waals surface area contributed by atoms with E-state index in [-0.39, 0.29) is 48.4 Å². The van der Waals surface area contributed by atoms with Crippen molar-refractivity contribution in [2.24, 2.45) is 33.5 Å². The van der Waals surface area contributed by atoms with Crippen LogP contribution in [-0.4, -0.2) is 82.1 Å². The van der Waals surface area contributed by atoms with E-state index >= 15 is 0 Å². The molecule has 0 aromatic heterocycles. The molecule has 0 saturated heterocycles. The Labute approximate surface area is 302 Å². The quantitative estimate of drug-likeness (QED) is 0.159. The molecule has 2 bridgehead atoms. The summed E-state index contributed by atoms with van der Waals surface area (Å²) in [4.78, 5) is 16.7. The number of ketones is 1. The summed E-state index contributed by atoms with van der Waals surface area (Å²) in [5.74, 6) is 0.276. The van der Waals surface area contributed by atoms with Gasteiger partial charge in [-0.3, -0.25) is 9.69 Å². The fourth-order valence-corrected chi connectivity index (χ4v) is 11.5. The molecule has 3 saturated carbocycles. The number of allylic oxidation sites excluding steroid dienone is 4. The van der Waals surface area contributed by atoms with Crippen molar-refractivity contribution in [1.82, 2.24) is 4.90 Å². The Balaban J connectivity index is 1.25. The first kappa shape index (κ1) is 37.1. The molecule has 3 fully saturated rings. The number of halogens is 3. The van der Waals surface area contributed by atoms with E-state index in [1.54, 1.807) is 31.4 Å². The number of benzene rings is 2. The fourth-order valence-electron chi connectivity index (χ4n) is 11.5. The van der Waals surface area contributed by atoms with Gasteiger partial charge < -0.3 is 29.9 Å². The van der Waals surface area contributed by atoms with Crippen molar-refractivity contribution in [1.29, 1.82) is 0 Å².